The lowest BCUT2D eigenvalue weighted by Crippen LogP contribution is -2.25. The smallest absolute Gasteiger partial charge is 0.180 e. The van der Waals surface area contributed by atoms with Gasteiger partial charge >= 0.3 is 0 Å². The van der Waals surface area contributed by atoms with Crippen molar-refractivity contribution in [1.82, 2.24) is 4.90 Å². The molecule has 0 aromatic heterocycles. The molecule has 0 aliphatic rings. The molecule has 0 heterocycles. The fraction of sp³-hybridized carbons (Fsp3) is 0.188. The lowest BCUT2D eigenvalue weighted by molar-refractivity contribution is 0.0940. The molecule has 1 N–H and O–H groups in total. The predicted octanol–water partition coefficient (Wildman–Crippen LogP) is 3.61. The van der Waals surface area contributed by atoms with Crippen LogP contribution in [0.3, 0.4) is 0 Å². The van der Waals surface area contributed by atoms with Gasteiger partial charge in [-0.3, -0.25) is 9.69 Å². The fourth-order valence-electron chi connectivity index (χ4n) is 2.06. The Morgan fingerprint density at radius 3 is 2.76 bits per heavy atom. The van der Waals surface area contributed by atoms with Crippen LogP contribution in [0.15, 0.2) is 46.9 Å². The number of likely N-dealkylation sites (N-methyl/N-ethyl adjacent to an activating group) is 1. The number of carbonyl (C=O) groups excluding carboxylic acids is 1. The number of rotatable bonds is 5. The summed E-state index contributed by atoms with van der Waals surface area (Å²) in [5.41, 5.74) is 1.07. The van der Waals surface area contributed by atoms with Gasteiger partial charge < -0.3 is 5.11 Å². The average molecular weight is 352 g/mol. The van der Waals surface area contributed by atoms with E-state index in [1.165, 1.54) is 6.07 Å². The molecule has 0 amide bonds. The van der Waals surface area contributed by atoms with Gasteiger partial charge in [0.05, 0.1) is 12.1 Å². The molecule has 2 rings (SSSR count). The monoisotopic (exact) mass is 351 g/mol. The first-order valence-corrected chi connectivity index (χ1v) is 7.19. The van der Waals surface area contributed by atoms with Crippen molar-refractivity contribution in [2.75, 3.05) is 13.6 Å². The lowest BCUT2D eigenvalue weighted by Gasteiger charge is -2.16. The number of phenols is 1. The van der Waals surface area contributed by atoms with E-state index in [-0.39, 0.29) is 23.6 Å². The number of hydrogen-bond acceptors (Lipinski definition) is 3. The first-order valence-electron chi connectivity index (χ1n) is 6.40. The number of aromatic hydroxyl groups is 1. The van der Waals surface area contributed by atoms with Crippen LogP contribution in [0.5, 0.6) is 5.75 Å². The summed E-state index contributed by atoms with van der Waals surface area (Å²) in [6.45, 7) is 0.685. The zero-order chi connectivity index (χ0) is 15.4. The van der Waals surface area contributed by atoms with Crippen LogP contribution < -0.4 is 0 Å². The third-order valence-electron chi connectivity index (χ3n) is 3.01. The number of halogens is 2. The predicted molar refractivity (Wildman–Crippen MR) is 82.9 cm³/mol. The van der Waals surface area contributed by atoms with Gasteiger partial charge in [0, 0.05) is 11.0 Å². The van der Waals surface area contributed by atoms with Crippen LogP contribution in [0, 0.1) is 5.82 Å². The minimum atomic E-state index is -0.536. The number of hydrogen-bond donors (Lipinski definition) is 1. The number of benzene rings is 2. The molecule has 2 aromatic rings. The van der Waals surface area contributed by atoms with Gasteiger partial charge in [-0.2, -0.15) is 0 Å². The Balaban J connectivity index is 2.03. The molecule has 0 aliphatic carbocycles. The molecule has 0 saturated heterocycles. The average Bonchev–Trinajstić information content (AvgIpc) is 2.41. The highest BCUT2D eigenvalue weighted by molar-refractivity contribution is 9.10. The van der Waals surface area contributed by atoms with E-state index in [1.54, 1.807) is 7.05 Å². The summed E-state index contributed by atoms with van der Waals surface area (Å²) in [4.78, 5) is 13.9. The van der Waals surface area contributed by atoms with Crippen molar-refractivity contribution < 1.29 is 14.3 Å². The Kier molecular flexibility index (Phi) is 5.09. The van der Waals surface area contributed by atoms with Gasteiger partial charge in [-0.1, -0.05) is 28.1 Å². The van der Waals surface area contributed by atoms with Crippen molar-refractivity contribution >= 4 is 21.7 Å². The maximum atomic E-state index is 13.2. The van der Waals surface area contributed by atoms with Crippen LogP contribution in [0.25, 0.3) is 0 Å². The third kappa shape index (κ3) is 4.37. The minimum Gasteiger partial charge on any atom is -0.507 e. The molecule has 0 atom stereocenters. The number of ketones is 1. The summed E-state index contributed by atoms with van der Waals surface area (Å²) in [5.74, 6) is -1.05. The minimum absolute atomic E-state index is 0.0103. The zero-order valence-corrected chi connectivity index (χ0v) is 13.1. The van der Waals surface area contributed by atoms with Crippen LogP contribution >= 0.6 is 15.9 Å². The van der Waals surface area contributed by atoms with E-state index in [0.717, 1.165) is 22.2 Å². The standard InChI is InChI=1S/C16H15BrFNO2/c1-19(9-11-3-2-4-12(17)7-11)10-16(21)14-8-13(18)5-6-15(14)20/h2-8,20H,9-10H2,1H3. The largest absolute Gasteiger partial charge is 0.507 e. The maximum Gasteiger partial charge on any atom is 0.180 e. The van der Waals surface area contributed by atoms with E-state index >= 15 is 0 Å². The van der Waals surface area contributed by atoms with Crippen LogP contribution in [-0.4, -0.2) is 29.4 Å². The summed E-state index contributed by atoms with van der Waals surface area (Å²) in [6, 6.07) is 11.2. The van der Waals surface area contributed by atoms with E-state index in [0.29, 0.717) is 6.54 Å². The van der Waals surface area contributed by atoms with Gasteiger partial charge in [-0.25, -0.2) is 4.39 Å². The Morgan fingerprint density at radius 2 is 2.05 bits per heavy atom. The van der Waals surface area contributed by atoms with E-state index < -0.39 is 5.82 Å². The molecule has 3 nitrogen and oxygen atoms in total. The van der Waals surface area contributed by atoms with E-state index in [9.17, 15) is 14.3 Å². The Labute approximate surface area is 131 Å². The molecule has 0 spiro atoms. The van der Waals surface area contributed by atoms with Gasteiger partial charge in [0.1, 0.15) is 11.6 Å². The summed E-state index contributed by atoms with van der Waals surface area (Å²) in [6.07, 6.45) is 0. The molecule has 110 valence electrons. The van der Waals surface area contributed by atoms with Crippen molar-refractivity contribution in [2.45, 2.75) is 6.54 Å². The van der Waals surface area contributed by atoms with Crippen LogP contribution in [0.4, 0.5) is 4.39 Å². The molecule has 2 aromatic carbocycles. The number of Topliss-reactive ketones (excluding diaryl/α,β-unsaturated/α-hetero) is 1. The molecule has 0 radical (unpaired) electrons. The molecular weight excluding hydrogens is 337 g/mol. The van der Waals surface area contributed by atoms with Crippen molar-refractivity contribution in [3.8, 4) is 5.75 Å². The topological polar surface area (TPSA) is 40.5 Å². The highest BCUT2D eigenvalue weighted by Crippen LogP contribution is 2.19. The van der Waals surface area contributed by atoms with Gasteiger partial charge in [0.2, 0.25) is 0 Å². The quantitative estimate of drug-likeness (QED) is 0.836. The van der Waals surface area contributed by atoms with Crippen molar-refractivity contribution in [1.29, 1.82) is 0 Å². The summed E-state index contributed by atoms with van der Waals surface area (Å²) in [5, 5.41) is 9.63. The zero-order valence-electron chi connectivity index (χ0n) is 11.5. The lowest BCUT2D eigenvalue weighted by atomic mass is 10.1. The molecule has 0 aliphatic heterocycles. The second kappa shape index (κ2) is 6.83. The van der Waals surface area contributed by atoms with Crippen molar-refractivity contribution in [2.24, 2.45) is 0 Å². The molecule has 0 fully saturated rings. The Bertz CT molecular complexity index is 660. The molecule has 0 saturated carbocycles. The normalized spacial score (nSPS) is 10.9. The molecule has 0 unspecified atom stereocenters. The first kappa shape index (κ1) is 15.7. The van der Waals surface area contributed by atoms with Crippen LogP contribution in [0.2, 0.25) is 0 Å². The van der Waals surface area contributed by atoms with Gasteiger partial charge in [0.15, 0.2) is 5.78 Å². The van der Waals surface area contributed by atoms with E-state index in [2.05, 4.69) is 15.9 Å². The second-order valence-electron chi connectivity index (χ2n) is 4.89. The highest BCUT2D eigenvalue weighted by atomic mass is 79.9. The van der Waals surface area contributed by atoms with Gasteiger partial charge in [-0.15, -0.1) is 0 Å². The highest BCUT2D eigenvalue weighted by Gasteiger charge is 2.14. The van der Waals surface area contributed by atoms with Gasteiger partial charge in [-0.05, 0) is 42.9 Å². The van der Waals surface area contributed by atoms with E-state index in [1.807, 2.05) is 29.2 Å². The Hall–Kier alpha value is -1.72. The second-order valence-corrected chi connectivity index (χ2v) is 5.80. The van der Waals surface area contributed by atoms with Crippen molar-refractivity contribution in [3.63, 3.8) is 0 Å². The molecule has 21 heavy (non-hydrogen) atoms. The van der Waals surface area contributed by atoms with Gasteiger partial charge in [0.25, 0.3) is 0 Å². The molecular formula is C16H15BrFNO2. The number of carbonyl (C=O) groups is 1. The van der Waals surface area contributed by atoms with E-state index in [4.69, 9.17) is 0 Å². The summed E-state index contributed by atoms with van der Waals surface area (Å²) in [7, 11) is 1.80. The molecule has 5 heteroatoms. The number of phenolic OH excluding ortho intramolecular Hbond substituents is 1. The number of nitrogens with zero attached hydrogens (tertiary/aromatic N) is 1. The first-order chi connectivity index (χ1) is 9.95. The fourth-order valence-corrected chi connectivity index (χ4v) is 2.51. The molecule has 0 bridgehead atoms. The Morgan fingerprint density at radius 1 is 1.29 bits per heavy atom. The maximum absolute atomic E-state index is 13.2. The van der Waals surface area contributed by atoms with Crippen molar-refractivity contribution in [3.05, 3.63) is 63.9 Å². The third-order valence-corrected chi connectivity index (χ3v) is 3.51. The summed E-state index contributed by atoms with van der Waals surface area (Å²) < 4.78 is 14.1. The SMILES string of the molecule is CN(CC(=O)c1cc(F)ccc1O)Cc1cccc(Br)c1. The summed E-state index contributed by atoms with van der Waals surface area (Å²) >= 11 is 3.40. The van der Waals surface area contributed by atoms with Crippen LogP contribution in [0.1, 0.15) is 15.9 Å². The van der Waals surface area contributed by atoms with Crippen LogP contribution in [-0.2, 0) is 6.54 Å².